The predicted octanol–water partition coefficient (Wildman–Crippen LogP) is 4.71. The second-order valence-corrected chi connectivity index (χ2v) is 7.86. The number of hydrogen-bond donors (Lipinski definition) is 1. The molecule has 0 bridgehead atoms. The van der Waals surface area contributed by atoms with Crippen LogP contribution in [0.5, 0.6) is 0 Å². The van der Waals surface area contributed by atoms with E-state index in [9.17, 15) is 5.11 Å². The molecule has 0 saturated heterocycles. The minimum atomic E-state index is -0.0993. The second-order valence-electron chi connectivity index (χ2n) is 5.77. The molecular weight excluding hydrogens is 296 g/mol. The lowest BCUT2D eigenvalue weighted by Gasteiger charge is -2.45. The van der Waals surface area contributed by atoms with Crippen molar-refractivity contribution in [2.45, 2.75) is 28.7 Å². The molecule has 0 aliphatic heterocycles. The number of thioether (sulfide) groups is 2. The first-order valence-corrected chi connectivity index (χ1v) is 9.27. The quantitative estimate of drug-likeness (QED) is 0.779. The molecule has 0 atom stereocenters. The molecule has 0 unspecified atom stereocenters. The summed E-state index contributed by atoms with van der Waals surface area (Å²) in [7, 11) is 0. The summed E-state index contributed by atoms with van der Waals surface area (Å²) in [6, 6.07) is 21.1. The van der Waals surface area contributed by atoms with Gasteiger partial charge in [0.05, 0.1) is 6.10 Å². The molecule has 21 heavy (non-hydrogen) atoms. The molecule has 1 aliphatic carbocycles. The summed E-state index contributed by atoms with van der Waals surface area (Å²) < 4.78 is 0. The summed E-state index contributed by atoms with van der Waals surface area (Å²) in [5.74, 6) is 2.18. The van der Waals surface area contributed by atoms with Crippen LogP contribution in [0.4, 0.5) is 0 Å². The van der Waals surface area contributed by atoms with Gasteiger partial charge in [0.15, 0.2) is 0 Å². The summed E-state index contributed by atoms with van der Waals surface area (Å²) in [6.07, 6.45) is 1.78. The number of rotatable bonds is 6. The maximum Gasteiger partial charge on any atom is 0.0552 e. The lowest BCUT2D eigenvalue weighted by molar-refractivity contribution is -0.00211. The monoisotopic (exact) mass is 316 g/mol. The maximum absolute atomic E-state index is 9.76. The Morgan fingerprint density at radius 1 is 0.810 bits per heavy atom. The zero-order chi connectivity index (χ0) is 14.5. The zero-order valence-electron chi connectivity index (χ0n) is 11.9. The van der Waals surface area contributed by atoms with E-state index in [-0.39, 0.29) is 11.5 Å². The minimum Gasteiger partial charge on any atom is -0.393 e. The molecule has 3 rings (SSSR count). The Morgan fingerprint density at radius 2 is 1.24 bits per heavy atom. The highest BCUT2D eigenvalue weighted by molar-refractivity contribution is 8.00. The predicted molar refractivity (Wildman–Crippen MR) is 92.0 cm³/mol. The van der Waals surface area contributed by atoms with Crippen LogP contribution < -0.4 is 0 Å². The van der Waals surface area contributed by atoms with Crippen molar-refractivity contribution in [2.75, 3.05) is 11.5 Å². The average Bonchev–Trinajstić information content (AvgIpc) is 2.51. The van der Waals surface area contributed by atoms with Crippen LogP contribution in [0.15, 0.2) is 70.5 Å². The van der Waals surface area contributed by atoms with Crippen molar-refractivity contribution in [3.05, 3.63) is 60.7 Å². The summed E-state index contributed by atoms with van der Waals surface area (Å²) in [6.45, 7) is 0. The van der Waals surface area contributed by atoms with Crippen molar-refractivity contribution in [1.82, 2.24) is 0 Å². The van der Waals surface area contributed by atoms with Crippen LogP contribution in [0.25, 0.3) is 0 Å². The number of aliphatic hydroxyl groups is 1. The fourth-order valence-corrected chi connectivity index (χ4v) is 5.17. The molecular formula is C18H20OS2. The topological polar surface area (TPSA) is 20.2 Å². The third-order valence-corrected chi connectivity index (χ3v) is 6.64. The Balaban J connectivity index is 1.58. The van der Waals surface area contributed by atoms with Gasteiger partial charge in [-0.15, -0.1) is 23.5 Å². The highest BCUT2D eigenvalue weighted by Gasteiger charge is 2.43. The Morgan fingerprint density at radius 3 is 1.62 bits per heavy atom. The van der Waals surface area contributed by atoms with Gasteiger partial charge < -0.3 is 5.11 Å². The third-order valence-electron chi connectivity index (χ3n) is 3.91. The zero-order valence-corrected chi connectivity index (χ0v) is 13.6. The fourth-order valence-electron chi connectivity index (χ4n) is 2.72. The van der Waals surface area contributed by atoms with Gasteiger partial charge in [0.1, 0.15) is 0 Å². The van der Waals surface area contributed by atoms with Crippen LogP contribution in [0.1, 0.15) is 12.8 Å². The van der Waals surface area contributed by atoms with Gasteiger partial charge >= 0.3 is 0 Å². The highest BCUT2D eigenvalue weighted by atomic mass is 32.2. The molecule has 1 aliphatic rings. The largest absolute Gasteiger partial charge is 0.393 e. The van der Waals surface area contributed by atoms with Crippen molar-refractivity contribution in [3.63, 3.8) is 0 Å². The summed E-state index contributed by atoms with van der Waals surface area (Å²) in [4.78, 5) is 2.64. The van der Waals surface area contributed by atoms with Gasteiger partial charge in [0, 0.05) is 21.3 Å². The number of aliphatic hydroxyl groups excluding tert-OH is 1. The van der Waals surface area contributed by atoms with Crippen molar-refractivity contribution in [1.29, 1.82) is 0 Å². The van der Waals surface area contributed by atoms with Crippen molar-refractivity contribution >= 4 is 23.5 Å². The van der Waals surface area contributed by atoms with Crippen LogP contribution in [0, 0.1) is 5.41 Å². The normalized spacial score (nSPS) is 17.4. The summed E-state index contributed by atoms with van der Waals surface area (Å²) in [5, 5.41) is 9.76. The van der Waals surface area contributed by atoms with E-state index in [1.54, 1.807) is 0 Å². The lowest BCUT2D eigenvalue weighted by atomic mass is 9.69. The molecule has 0 amide bonds. The molecule has 0 heterocycles. The van der Waals surface area contributed by atoms with Crippen LogP contribution >= 0.6 is 23.5 Å². The van der Waals surface area contributed by atoms with Crippen molar-refractivity contribution in [2.24, 2.45) is 5.41 Å². The first kappa shape index (κ1) is 15.0. The lowest BCUT2D eigenvalue weighted by Crippen LogP contribution is -2.44. The molecule has 1 nitrogen and oxygen atoms in total. The van der Waals surface area contributed by atoms with E-state index in [1.807, 2.05) is 23.5 Å². The van der Waals surface area contributed by atoms with Gasteiger partial charge in [0.25, 0.3) is 0 Å². The number of benzene rings is 2. The van der Waals surface area contributed by atoms with Crippen molar-refractivity contribution in [3.8, 4) is 0 Å². The molecule has 2 aromatic rings. The minimum absolute atomic E-state index is 0.0993. The Labute approximate surface area is 135 Å². The summed E-state index contributed by atoms with van der Waals surface area (Å²) >= 11 is 3.83. The van der Waals surface area contributed by atoms with E-state index in [4.69, 9.17) is 0 Å². The molecule has 0 aromatic heterocycles. The average molecular weight is 316 g/mol. The van der Waals surface area contributed by atoms with Crippen LogP contribution in [0.3, 0.4) is 0 Å². The molecule has 1 N–H and O–H groups in total. The first-order valence-electron chi connectivity index (χ1n) is 7.30. The Bertz CT molecular complexity index is 504. The van der Waals surface area contributed by atoms with Crippen LogP contribution in [-0.4, -0.2) is 22.7 Å². The molecule has 0 radical (unpaired) electrons. The van der Waals surface area contributed by atoms with Gasteiger partial charge in [-0.25, -0.2) is 0 Å². The van der Waals surface area contributed by atoms with Gasteiger partial charge in [-0.3, -0.25) is 0 Å². The van der Waals surface area contributed by atoms with Gasteiger partial charge in [-0.1, -0.05) is 36.4 Å². The van der Waals surface area contributed by atoms with E-state index < -0.39 is 0 Å². The third kappa shape index (κ3) is 4.06. The fraction of sp³-hybridized carbons (Fsp3) is 0.333. The Kier molecular flexibility index (Phi) is 4.94. The number of hydrogen-bond acceptors (Lipinski definition) is 3. The van der Waals surface area contributed by atoms with Gasteiger partial charge in [0.2, 0.25) is 0 Å². The molecule has 2 aromatic carbocycles. The van der Waals surface area contributed by atoms with Gasteiger partial charge in [-0.2, -0.15) is 0 Å². The molecule has 110 valence electrons. The first-order chi connectivity index (χ1) is 10.3. The standard InChI is InChI=1S/C18H20OS2/c19-15-11-18(12-15,13-20-16-7-3-1-4-8-16)14-21-17-9-5-2-6-10-17/h1-10,15,19H,11-14H2. The molecule has 1 saturated carbocycles. The second kappa shape index (κ2) is 6.91. The van der Waals surface area contributed by atoms with Gasteiger partial charge in [-0.05, 0) is 42.5 Å². The van der Waals surface area contributed by atoms with Crippen LogP contribution in [0.2, 0.25) is 0 Å². The van der Waals surface area contributed by atoms with Crippen molar-refractivity contribution < 1.29 is 5.11 Å². The smallest absolute Gasteiger partial charge is 0.0552 e. The maximum atomic E-state index is 9.76. The molecule has 1 fully saturated rings. The van der Waals surface area contributed by atoms with E-state index in [0.717, 1.165) is 24.3 Å². The van der Waals surface area contributed by atoms with E-state index in [1.165, 1.54) is 9.79 Å². The van der Waals surface area contributed by atoms with E-state index in [2.05, 4.69) is 60.7 Å². The highest BCUT2D eigenvalue weighted by Crippen LogP contribution is 2.48. The van der Waals surface area contributed by atoms with E-state index in [0.29, 0.717) is 0 Å². The van der Waals surface area contributed by atoms with Crippen LogP contribution in [-0.2, 0) is 0 Å². The van der Waals surface area contributed by atoms with E-state index >= 15 is 0 Å². The Hall–Kier alpha value is -0.900. The molecule has 0 spiro atoms. The molecule has 3 heteroatoms. The SMILES string of the molecule is OC1CC(CSc2ccccc2)(CSc2ccccc2)C1. The summed E-state index contributed by atoms with van der Waals surface area (Å²) in [5.41, 5.74) is 0.278.